The van der Waals surface area contributed by atoms with E-state index in [9.17, 15) is 0 Å². The van der Waals surface area contributed by atoms with Gasteiger partial charge in [-0.15, -0.1) is 0 Å². The van der Waals surface area contributed by atoms with E-state index in [-0.39, 0.29) is 0 Å². The molecular formula is C10H8BrN. The van der Waals surface area contributed by atoms with E-state index in [1.807, 2.05) is 37.3 Å². The SMILES string of the molecule is C/C(=C/C#N)c1ccccc1Br. The molecule has 0 fully saturated rings. The van der Waals surface area contributed by atoms with Crippen LogP contribution in [0.4, 0.5) is 0 Å². The molecule has 0 saturated heterocycles. The average Bonchev–Trinajstić information content (AvgIpc) is 2.05. The molecular weight excluding hydrogens is 214 g/mol. The van der Waals surface area contributed by atoms with Crippen molar-refractivity contribution in [3.05, 3.63) is 40.4 Å². The quantitative estimate of drug-likeness (QED) is 0.668. The lowest BCUT2D eigenvalue weighted by molar-refractivity contribution is 1.50. The Morgan fingerprint density at radius 1 is 1.50 bits per heavy atom. The minimum absolute atomic E-state index is 0.977. The van der Waals surface area contributed by atoms with Gasteiger partial charge in [0.1, 0.15) is 0 Å². The maximum atomic E-state index is 8.45. The third kappa shape index (κ3) is 1.96. The van der Waals surface area contributed by atoms with Gasteiger partial charge in [-0.2, -0.15) is 5.26 Å². The van der Waals surface area contributed by atoms with Crippen LogP contribution >= 0.6 is 15.9 Å². The molecule has 0 amide bonds. The molecule has 2 heteroatoms. The van der Waals surface area contributed by atoms with Crippen molar-refractivity contribution in [3.8, 4) is 6.07 Å². The van der Waals surface area contributed by atoms with Crippen LogP contribution in [0.1, 0.15) is 12.5 Å². The summed E-state index contributed by atoms with van der Waals surface area (Å²) in [5.74, 6) is 0. The molecule has 1 aromatic carbocycles. The highest BCUT2D eigenvalue weighted by Gasteiger charge is 1.98. The Morgan fingerprint density at radius 3 is 2.75 bits per heavy atom. The highest BCUT2D eigenvalue weighted by atomic mass is 79.9. The van der Waals surface area contributed by atoms with Gasteiger partial charge in [-0.25, -0.2) is 0 Å². The van der Waals surface area contributed by atoms with E-state index >= 15 is 0 Å². The summed E-state index contributed by atoms with van der Waals surface area (Å²) >= 11 is 3.42. The predicted octanol–water partition coefficient (Wildman–Crippen LogP) is 3.38. The average molecular weight is 222 g/mol. The monoisotopic (exact) mass is 221 g/mol. The van der Waals surface area contributed by atoms with Gasteiger partial charge in [0.25, 0.3) is 0 Å². The minimum atomic E-state index is 0.977. The summed E-state index contributed by atoms with van der Waals surface area (Å²) in [7, 11) is 0. The molecule has 0 aromatic heterocycles. The fraction of sp³-hybridized carbons (Fsp3) is 0.100. The molecule has 1 nitrogen and oxygen atoms in total. The van der Waals surface area contributed by atoms with Gasteiger partial charge in [0.15, 0.2) is 0 Å². The van der Waals surface area contributed by atoms with Crippen LogP contribution < -0.4 is 0 Å². The molecule has 60 valence electrons. The summed E-state index contributed by atoms with van der Waals surface area (Å²) in [5.41, 5.74) is 2.05. The number of halogens is 1. The van der Waals surface area contributed by atoms with Crippen LogP contribution in [0.2, 0.25) is 0 Å². The van der Waals surface area contributed by atoms with E-state index in [0.717, 1.165) is 15.6 Å². The third-order valence-corrected chi connectivity index (χ3v) is 2.27. The first-order chi connectivity index (χ1) is 5.75. The summed E-state index contributed by atoms with van der Waals surface area (Å²) in [5, 5.41) is 8.45. The summed E-state index contributed by atoms with van der Waals surface area (Å²) in [6, 6.07) is 9.86. The van der Waals surface area contributed by atoms with Crippen molar-refractivity contribution in [2.75, 3.05) is 0 Å². The number of rotatable bonds is 1. The van der Waals surface area contributed by atoms with Crippen LogP contribution in [0.3, 0.4) is 0 Å². The van der Waals surface area contributed by atoms with Crippen molar-refractivity contribution < 1.29 is 0 Å². The van der Waals surface area contributed by atoms with Gasteiger partial charge in [0.05, 0.1) is 6.07 Å². The van der Waals surface area contributed by atoms with Crippen LogP contribution in [0, 0.1) is 11.3 Å². The first kappa shape index (κ1) is 9.02. The Morgan fingerprint density at radius 2 is 2.17 bits per heavy atom. The summed E-state index contributed by atoms with van der Waals surface area (Å²) in [6.45, 7) is 1.92. The molecule has 1 aromatic rings. The van der Waals surface area contributed by atoms with Gasteiger partial charge < -0.3 is 0 Å². The number of nitrogens with zero attached hydrogens (tertiary/aromatic N) is 1. The number of hydrogen-bond donors (Lipinski definition) is 0. The first-order valence-corrected chi connectivity index (χ1v) is 4.36. The fourth-order valence-electron chi connectivity index (χ4n) is 0.956. The maximum Gasteiger partial charge on any atom is 0.0915 e. The van der Waals surface area contributed by atoms with Gasteiger partial charge >= 0.3 is 0 Å². The number of allylic oxidation sites excluding steroid dienone is 2. The van der Waals surface area contributed by atoms with Crippen molar-refractivity contribution >= 4 is 21.5 Å². The first-order valence-electron chi connectivity index (χ1n) is 3.57. The molecule has 0 radical (unpaired) electrons. The van der Waals surface area contributed by atoms with Crippen LogP contribution in [0.25, 0.3) is 5.57 Å². The predicted molar refractivity (Wildman–Crippen MR) is 53.4 cm³/mol. The fourth-order valence-corrected chi connectivity index (χ4v) is 1.55. The van der Waals surface area contributed by atoms with Crippen molar-refractivity contribution in [3.63, 3.8) is 0 Å². The minimum Gasteiger partial charge on any atom is -0.193 e. The van der Waals surface area contributed by atoms with Crippen LogP contribution in [-0.2, 0) is 0 Å². The molecule has 0 spiro atoms. The second-order valence-electron chi connectivity index (χ2n) is 2.44. The van der Waals surface area contributed by atoms with Crippen molar-refractivity contribution in [2.24, 2.45) is 0 Å². The van der Waals surface area contributed by atoms with E-state index in [1.54, 1.807) is 6.08 Å². The zero-order valence-electron chi connectivity index (χ0n) is 6.71. The molecule has 0 N–H and O–H groups in total. The van der Waals surface area contributed by atoms with Gasteiger partial charge in [-0.05, 0) is 24.1 Å². The number of nitriles is 1. The van der Waals surface area contributed by atoms with Crippen LogP contribution in [0.15, 0.2) is 34.8 Å². The zero-order chi connectivity index (χ0) is 8.97. The largest absolute Gasteiger partial charge is 0.193 e. The van der Waals surface area contributed by atoms with E-state index in [2.05, 4.69) is 15.9 Å². The Hall–Kier alpha value is -1.07. The van der Waals surface area contributed by atoms with E-state index in [1.165, 1.54) is 0 Å². The Labute approximate surface area is 80.5 Å². The molecule has 1 rings (SSSR count). The molecule has 0 aliphatic heterocycles. The smallest absolute Gasteiger partial charge is 0.0915 e. The highest BCUT2D eigenvalue weighted by Crippen LogP contribution is 2.22. The topological polar surface area (TPSA) is 23.8 Å². The Kier molecular flexibility index (Phi) is 3.07. The Bertz CT molecular complexity index is 347. The lowest BCUT2D eigenvalue weighted by Crippen LogP contribution is -1.79. The summed E-state index contributed by atoms with van der Waals surface area (Å²) in [6.07, 6.45) is 1.54. The van der Waals surface area contributed by atoms with Gasteiger partial charge in [0, 0.05) is 10.5 Å². The highest BCUT2D eigenvalue weighted by molar-refractivity contribution is 9.10. The third-order valence-electron chi connectivity index (χ3n) is 1.58. The maximum absolute atomic E-state index is 8.45. The number of benzene rings is 1. The normalized spacial score (nSPS) is 10.9. The van der Waals surface area contributed by atoms with Crippen LogP contribution in [0.5, 0.6) is 0 Å². The van der Waals surface area contributed by atoms with Crippen molar-refractivity contribution in [2.45, 2.75) is 6.92 Å². The lowest BCUT2D eigenvalue weighted by Gasteiger charge is -2.01. The van der Waals surface area contributed by atoms with E-state index < -0.39 is 0 Å². The molecule has 12 heavy (non-hydrogen) atoms. The molecule has 0 aliphatic rings. The zero-order valence-corrected chi connectivity index (χ0v) is 8.30. The standard InChI is InChI=1S/C10H8BrN/c1-8(6-7-12)9-4-2-3-5-10(9)11/h2-6H,1H3/b8-6-. The molecule has 0 aliphatic carbocycles. The lowest BCUT2D eigenvalue weighted by atomic mass is 10.1. The summed E-state index contributed by atoms with van der Waals surface area (Å²) < 4.78 is 1.02. The van der Waals surface area contributed by atoms with Gasteiger partial charge in [-0.3, -0.25) is 0 Å². The molecule has 0 heterocycles. The summed E-state index contributed by atoms with van der Waals surface area (Å²) in [4.78, 5) is 0. The van der Waals surface area contributed by atoms with Crippen LogP contribution in [-0.4, -0.2) is 0 Å². The molecule has 0 unspecified atom stereocenters. The van der Waals surface area contributed by atoms with Gasteiger partial charge in [-0.1, -0.05) is 34.1 Å². The van der Waals surface area contributed by atoms with Crippen molar-refractivity contribution in [1.82, 2.24) is 0 Å². The second-order valence-corrected chi connectivity index (χ2v) is 3.29. The van der Waals surface area contributed by atoms with E-state index in [0.29, 0.717) is 0 Å². The number of hydrogen-bond acceptors (Lipinski definition) is 1. The molecule has 0 atom stereocenters. The molecule has 0 bridgehead atoms. The van der Waals surface area contributed by atoms with Crippen molar-refractivity contribution in [1.29, 1.82) is 5.26 Å². The molecule has 0 saturated carbocycles. The van der Waals surface area contributed by atoms with Gasteiger partial charge in [0.2, 0.25) is 0 Å². The van der Waals surface area contributed by atoms with E-state index in [4.69, 9.17) is 5.26 Å². The second kappa shape index (κ2) is 4.08. The Balaban J connectivity index is 3.13.